The lowest BCUT2D eigenvalue weighted by molar-refractivity contribution is 0.301. The molecular weight excluding hydrogens is 212 g/mol. The molecule has 0 aliphatic carbocycles. The van der Waals surface area contributed by atoms with Crippen LogP contribution in [0.1, 0.15) is 24.2 Å². The Morgan fingerprint density at radius 2 is 2.12 bits per heavy atom. The van der Waals surface area contributed by atoms with E-state index in [2.05, 4.69) is 4.98 Å². The molecule has 1 aromatic heterocycles. The smallest absolute Gasteiger partial charge is 0.130 e. The van der Waals surface area contributed by atoms with Gasteiger partial charge in [0.15, 0.2) is 0 Å². The minimum absolute atomic E-state index is 0.0217. The lowest BCUT2D eigenvalue weighted by Gasteiger charge is -2.09. The maximum absolute atomic E-state index is 5.82. The molecule has 88 valence electrons. The molecule has 2 N–H and O–H groups in total. The van der Waals surface area contributed by atoms with E-state index >= 15 is 0 Å². The Morgan fingerprint density at radius 3 is 2.82 bits per heavy atom. The summed E-state index contributed by atoms with van der Waals surface area (Å²) in [7, 11) is 0. The van der Waals surface area contributed by atoms with Crippen molar-refractivity contribution in [3.8, 4) is 5.75 Å². The largest absolute Gasteiger partial charge is 0.487 e. The van der Waals surface area contributed by atoms with E-state index in [0.29, 0.717) is 6.61 Å². The third kappa shape index (κ3) is 3.29. The second-order valence-electron chi connectivity index (χ2n) is 3.97. The molecule has 0 aliphatic rings. The number of benzene rings is 1. The monoisotopic (exact) mass is 228 g/mol. The minimum atomic E-state index is 0.0217. The number of hydrogen-bond donors (Lipinski definition) is 1. The summed E-state index contributed by atoms with van der Waals surface area (Å²) in [6, 6.07) is 13.6. The van der Waals surface area contributed by atoms with Gasteiger partial charge in [0.05, 0.1) is 5.69 Å². The molecular formula is C14H16N2O. The van der Waals surface area contributed by atoms with E-state index in [-0.39, 0.29) is 6.04 Å². The molecule has 3 heteroatoms. The zero-order chi connectivity index (χ0) is 12.1. The summed E-state index contributed by atoms with van der Waals surface area (Å²) in [5.74, 6) is 0.824. The third-order valence-corrected chi connectivity index (χ3v) is 2.50. The number of nitrogens with zero attached hydrogens (tertiary/aromatic N) is 1. The average molecular weight is 228 g/mol. The van der Waals surface area contributed by atoms with Crippen LogP contribution in [-0.4, -0.2) is 4.98 Å². The molecule has 0 saturated carbocycles. The van der Waals surface area contributed by atoms with Crippen molar-refractivity contribution in [2.24, 2.45) is 5.73 Å². The second-order valence-corrected chi connectivity index (χ2v) is 3.97. The summed E-state index contributed by atoms with van der Waals surface area (Å²) in [5.41, 5.74) is 7.81. The van der Waals surface area contributed by atoms with Gasteiger partial charge in [-0.3, -0.25) is 4.98 Å². The molecule has 0 radical (unpaired) electrons. The first-order valence-corrected chi connectivity index (χ1v) is 5.64. The molecule has 0 unspecified atom stereocenters. The van der Waals surface area contributed by atoms with Crippen LogP contribution in [0.25, 0.3) is 0 Å². The highest BCUT2D eigenvalue weighted by Gasteiger charge is 2.01. The van der Waals surface area contributed by atoms with Crippen LogP contribution in [0.5, 0.6) is 5.75 Å². The third-order valence-electron chi connectivity index (χ3n) is 2.50. The fourth-order valence-electron chi connectivity index (χ4n) is 1.53. The molecule has 1 heterocycles. The summed E-state index contributed by atoms with van der Waals surface area (Å²) in [6.45, 7) is 2.43. The minimum Gasteiger partial charge on any atom is -0.487 e. The number of aromatic nitrogens is 1. The predicted octanol–water partition coefficient (Wildman–Crippen LogP) is 2.68. The molecule has 0 fully saturated rings. The van der Waals surface area contributed by atoms with Crippen LogP contribution < -0.4 is 10.5 Å². The van der Waals surface area contributed by atoms with Gasteiger partial charge in [0, 0.05) is 12.2 Å². The highest BCUT2D eigenvalue weighted by Crippen LogP contribution is 2.18. The van der Waals surface area contributed by atoms with Crippen LogP contribution in [-0.2, 0) is 6.61 Å². The number of nitrogens with two attached hydrogens (primary N) is 1. The van der Waals surface area contributed by atoms with Gasteiger partial charge in [-0.15, -0.1) is 0 Å². The van der Waals surface area contributed by atoms with E-state index in [1.165, 1.54) is 0 Å². The molecule has 1 atom stereocenters. The summed E-state index contributed by atoms with van der Waals surface area (Å²) in [6.07, 6.45) is 1.76. The summed E-state index contributed by atoms with van der Waals surface area (Å²) in [5, 5.41) is 0. The molecule has 1 aromatic carbocycles. The quantitative estimate of drug-likeness (QED) is 0.875. The fourth-order valence-corrected chi connectivity index (χ4v) is 1.53. The fraction of sp³-hybridized carbons (Fsp3) is 0.214. The number of hydrogen-bond acceptors (Lipinski definition) is 3. The lowest BCUT2D eigenvalue weighted by atomic mass is 10.1. The first kappa shape index (κ1) is 11.6. The summed E-state index contributed by atoms with van der Waals surface area (Å²) < 4.78 is 5.66. The number of pyridine rings is 1. The van der Waals surface area contributed by atoms with Crippen molar-refractivity contribution in [3.05, 3.63) is 59.9 Å². The molecule has 0 amide bonds. The number of ether oxygens (including phenoxy) is 1. The van der Waals surface area contributed by atoms with Gasteiger partial charge >= 0.3 is 0 Å². The molecule has 2 aromatic rings. The normalized spacial score (nSPS) is 12.1. The van der Waals surface area contributed by atoms with Crippen LogP contribution >= 0.6 is 0 Å². The molecule has 3 nitrogen and oxygen atoms in total. The van der Waals surface area contributed by atoms with Crippen LogP contribution in [0.2, 0.25) is 0 Å². The highest BCUT2D eigenvalue weighted by molar-refractivity contribution is 5.30. The summed E-state index contributed by atoms with van der Waals surface area (Å²) in [4.78, 5) is 4.20. The van der Waals surface area contributed by atoms with Crippen molar-refractivity contribution < 1.29 is 4.74 Å². The van der Waals surface area contributed by atoms with Crippen molar-refractivity contribution in [3.63, 3.8) is 0 Å². The number of rotatable bonds is 4. The van der Waals surface area contributed by atoms with Crippen molar-refractivity contribution in [1.82, 2.24) is 4.98 Å². The standard InChI is InChI=1S/C14H16N2O/c1-11(15)12-5-4-7-14(9-12)17-10-13-6-2-3-8-16-13/h2-9,11H,10,15H2,1H3/t11-/m1/s1. The Labute approximate surface area is 101 Å². The Bertz CT molecular complexity index is 469. The van der Waals surface area contributed by atoms with Crippen LogP contribution in [0.15, 0.2) is 48.7 Å². The maximum atomic E-state index is 5.82. The molecule has 2 rings (SSSR count). The lowest BCUT2D eigenvalue weighted by Crippen LogP contribution is -2.05. The molecule has 0 aliphatic heterocycles. The van der Waals surface area contributed by atoms with Gasteiger partial charge in [-0.25, -0.2) is 0 Å². The van der Waals surface area contributed by atoms with Gasteiger partial charge in [-0.05, 0) is 36.8 Å². The van der Waals surface area contributed by atoms with Crippen LogP contribution in [0, 0.1) is 0 Å². The Hall–Kier alpha value is -1.87. The molecule has 0 bridgehead atoms. The van der Waals surface area contributed by atoms with E-state index in [1.807, 2.05) is 49.4 Å². The van der Waals surface area contributed by atoms with E-state index in [4.69, 9.17) is 10.5 Å². The van der Waals surface area contributed by atoms with Crippen molar-refractivity contribution >= 4 is 0 Å². The summed E-state index contributed by atoms with van der Waals surface area (Å²) >= 11 is 0. The van der Waals surface area contributed by atoms with Gasteiger partial charge in [0.1, 0.15) is 12.4 Å². The maximum Gasteiger partial charge on any atom is 0.130 e. The van der Waals surface area contributed by atoms with E-state index in [0.717, 1.165) is 17.0 Å². The van der Waals surface area contributed by atoms with Gasteiger partial charge in [-0.2, -0.15) is 0 Å². The van der Waals surface area contributed by atoms with Gasteiger partial charge in [0.25, 0.3) is 0 Å². The van der Waals surface area contributed by atoms with Gasteiger partial charge in [-0.1, -0.05) is 18.2 Å². The van der Waals surface area contributed by atoms with Crippen molar-refractivity contribution in [2.75, 3.05) is 0 Å². The Morgan fingerprint density at radius 1 is 1.24 bits per heavy atom. The molecule has 0 saturated heterocycles. The average Bonchev–Trinajstić information content (AvgIpc) is 2.38. The zero-order valence-electron chi connectivity index (χ0n) is 9.84. The second kappa shape index (κ2) is 5.46. The Balaban J connectivity index is 2.02. The SMILES string of the molecule is C[C@@H](N)c1cccc(OCc2ccccn2)c1. The van der Waals surface area contributed by atoms with Crippen LogP contribution in [0.3, 0.4) is 0 Å². The first-order chi connectivity index (χ1) is 8.25. The first-order valence-electron chi connectivity index (χ1n) is 5.64. The van der Waals surface area contributed by atoms with Gasteiger partial charge in [0.2, 0.25) is 0 Å². The molecule has 0 spiro atoms. The van der Waals surface area contributed by atoms with E-state index < -0.39 is 0 Å². The topological polar surface area (TPSA) is 48.1 Å². The highest BCUT2D eigenvalue weighted by atomic mass is 16.5. The zero-order valence-corrected chi connectivity index (χ0v) is 9.84. The van der Waals surface area contributed by atoms with E-state index in [1.54, 1.807) is 6.20 Å². The van der Waals surface area contributed by atoms with Crippen LogP contribution in [0.4, 0.5) is 0 Å². The van der Waals surface area contributed by atoms with E-state index in [9.17, 15) is 0 Å². The Kier molecular flexibility index (Phi) is 3.73. The van der Waals surface area contributed by atoms with Gasteiger partial charge < -0.3 is 10.5 Å². The predicted molar refractivity (Wildman–Crippen MR) is 67.6 cm³/mol. The van der Waals surface area contributed by atoms with Crippen molar-refractivity contribution in [1.29, 1.82) is 0 Å². The molecule has 17 heavy (non-hydrogen) atoms. The van der Waals surface area contributed by atoms with Crippen molar-refractivity contribution in [2.45, 2.75) is 19.6 Å².